The van der Waals surface area contributed by atoms with Crippen molar-refractivity contribution in [3.05, 3.63) is 261 Å². The van der Waals surface area contributed by atoms with Crippen LogP contribution in [0.15, 0.2) is 261 Å². The molecule has 0 saturated heterocycles. The van der Waals surface area contributed by atoms with Gasteiger partial charge in [-0.2, -0.15) is 0 Å². The maximum Gasteiger partial charge on any atom is 0.0476 e. The molecule has 0 aliphatic carbocycles. The molecule has 0 aliphatic heterocycles. The van der Waals surface area contributed by atoms with Gasteiger partial charge in [0.25, 0.3) is 0 Å². The summed E-state index contributed by atoms with van der Waals surface area (Å²) < 4.78 is 2.59. The van der Waals surface area contributed by atoms with Crippen LogP contribution in [-0.2, 0) is 0 Å². The lowest BCUT2D eigenvalue weighted by Gasteiger charge is -2.26. The standard InChI is InChI=1S/C66H43NS/c1-3-14-49(15-4-1)65-61-21-10-9-19-57(61)58-39-33-53(42-62(58)66(65)50-16-5-2-6-17-50)48-31-36-55(37-32-48)67(56-38-40-60-59-20-11-12-22-63(59)68-64(60)43-56)54-34-29-46(30-35-54)45-23-25-47(26-24-45)52-28-27-44-13-7-8-18-51(44)41-52/h1-43H. The van der Waals surface area contributed by atoms with E-state index in [1.807, 2.05) is 11.3 Å². The molecule has 13 aromatic rings. The Labute approximate surface area is 400 Å². The van der Waals surface area contributed by atoms with Crippen molar-refractivity contribution in [2.45, 2.75) is 0 Å². The minimum atomic E-state index is 1.10. The van der Waals surface area contributed by atoms with Crippen molar-refractivity contribution in [3.8, 4) is 55.6 Å². The van der Waals surface area contributed by atoms with Crippen molar-refractivity contribution in [1.29, 1.82) is 0 Å². The van der Waals surface area contributed by atoms with Crippen LogP contribution < -0.4 is 4.90 Å². The van der Waals surface area contributed by atoms with Crippen LogP contribution in [0.25, 0.3) is 108 Å². The van der Waals surface area contributed by atoms with Gasteiger partial charge in [0, 0.05) is 37.2 Å². The number of fused-ring (bicyclic) bond motifs is 7. The third kappa shape index (κ3) is 7.02. The summed E-state index contributed by atoms with van der Waals surface area (Å²) in [5, 5.41) is 10.1. The topological polar surface area (TPSA) is 3.24 Å². The smallest absolute Gasteiger partial charge is 0.0476 e. The van der Waals surface area contributed by atoms with Crippen molar-refractivity contribution >= 4 is 80.9 Å². The monoisotopic (exact) mass is 881 g/mol. The fourth-order valence-electron chi connectivity index (χ4n) is 10.3. The summed E-state index contributed by atoms with van der Waals surface area (Å²) in [4.78, 5) is 2.40. The summed E-state index contributed by atoms with van der Waals surface area (Å²) in [6.07, 6.45) is 0. The first-order chi connectivity index (χ1) is 33.7. The predicted molar refractivity (Wildman–Crippen MR) is 294 cm³/mol. The highest BCUT2D eigenvalue weighted by molar-refractivity contribution is 7.25. The SMILES string of the molecule is c1ccc(-c2c(-c3ccccc3)c3cc(-c4ccc(N(c5ccc(-c6ccc(-c7ccc8ccccc8c7)cc6)cc5)c5ccc6c(c5)sc5ccccc56)cc4)ccc3c3ccccc23)cc1. The average molecular weight is 882 g/mol. The van der Waals surface area contributed by atoms with Gasteiger partial charge in [0.15, 0.2) is 0 Å². The van der Waals surface area contributed by atoms with Gasteiger partial charge in [-0.25, -0.2) is 0 Å². The van der Waals surface area contributed by atoms with Crippen LogP contribution in [-0.4, -0.2) is 0 Å². The van der Waals surface area contributed by atoms with E-state index in [1.165, 1.54) is 108 Å². The van der Waals surface area contributed by atoms with E-state index in [0.29, 0.717) is 0 Å². The van der Waals surface area contributed by atoms with Gasteiger partial charge in [-0.1, -0.05) is 206 Å². The maximum atomic E-state index is 2.41. The molecule has 0 fully saturated rings. The average Bonchev–Trinajstić information content (AvgIpc) is 3.79. The van der Waals surface area contributed by atoms with E-state index >= 15 is 0 Å². The molecule has 12 aromatic carbocycles. The summed E-state index contributed by atoms with van der Waals surface area (Å²) in [6.45, 7) is 0. The van der Waals surface area contributed by atoms with Crippen molar-refractivity contribution in [2.24, 2.45) is 0 Å². The Kier molecular flexibility index (Phi) is 9.77. The van der Waals surface area contributed by atoms with Crippen LogP contribution in [0.1, 0.15) is 0 Å². The molecule has 1 nitrogen and oxygen atoms in total. The Bertz CT molecular complexity index is 3980. The molecule has 0 aliphatic rings. The maximum absolute atomic E-state index is 2.41. The normalized spacial score (nSPS) is 11.5. The third-order valence-electron chi connectivity index (χ3n) is 13.7. The number of hydrogen-bond donors (Lipinski definition) is 0. The third-order valence-corrected chi connectivity index (χ3v) is 14.8. The fraction of sp³-hybridized carbons (Fsp3) is 0. The summed E-state index contributed by atoms with van der Waals surface area (Å²) >= 11 is 1.86. The largest absolute Gasteiger partial charge is 0.310 e. The van der Waals surface area contributed by atoms with Gasteiger partial charge in [-0.15, -0.1) is 11.3 Å². The zero-order chi connectivity index (χ0) is 45.0. The highest BCUT2D eigenvalue weighted by Gasteiger charge is 2.20. The highest BCUT2D eigenvalue weighted by atomic mass is 32.1. The van der Waals surface area contributed by atoms with Crippen molar-refractivity contribution in [1.82, 2.24) is 0 Å². The van der Waals surface area contributed by atoms with Crippen LogP contribution in [0.5, 0.6) is 0 Å². The van der Waals surface area contributed by atoms with Gasteiger partial charge < -0.3 is 4.90 Å². The minimum absolute atomic E-state index is 1.10. The van der Waals surface area contributed by atoms with E-state index in [-0.39, 0.29) is 0 Å². The molecule has 0 amide bonds. The zero-order valence-corrected chi connectivity index (χ0v) is 38.0. The van der Waals surface area contributed by atoms with E-state index in [0.717, 1.165) is 17.1 Å². The van der Waals surface area contributed by atoms with Crippen LogP contribution in [0.3, 0.4) is 0 Å². The van der Waals surface area contributed by atoms with E-state index in [1.54, 1.807) is 0 Å². The van der Waals surface area contributed by atoms with Gasteiger partial charge in [0.05, 0.1) is 0 Å². The first-order valence-corrected chi connectivity index (χ1v) is 24.1. The molecular weight excluding hydrogens is 839 g/mol. The molecule has 1 aromatic heterocycles. The van der Waals surface area contributed by atoms with E-state index < -0.39 is 0 Å². The number of thiophene rings is 1. The number of anilines is 3. The van der Waals surface area contributed by atoms with Crippen LogP contribution in [0.2, 0.25) is 0 Å². The van der Waals surface area contributed by atoms with Gasteiger partial charge in [0.2, 0.25) is 0 Å². The van der Waals surface area contributed by atoms with Crippen LogP contribution in [0, 0.1) is 0 Å². The quantitative estimate of drug-likeness (QED) is 0.137. The minimum Gasteiger partial charge on any atom is -0.310 e. The van der Waals surface area contributed by atoms with Crippen molar-refractivity contribution < 1.29 is 0 Å². The highest BCUT2D eigenvalue weighted by Crippen LogP contribution is 2.46. The second-order valence-electron chi connectivity index (χ2n) is 17.6. The molecule has 0 radical (unpaired) electrons. The Hall–Kier alpha value is -8.56. The zero-order valence-electron chi connectivity index (χ0n) is 37.2. The Morgan fingerprint density at radius 2 is 0.647 bits per heavy atom. The van der Waals surface area contributed by atoms with Crippen LogP contribution >= 0.6 is 11.3 Å². The molecule has 318 valence electrons. The second kappa shape index (κ2) is 16.7. The first kappa shape index (κ1) is 39.8. The van der Waals surface area contributed by atoms with Gasteiger partial charge >= 0.3 is 0 Å². The molecule has 0 saturated carbocycles. The summed E-state index contributed by atoms with van der Waals surface area (Å²) in [5.74, 6) is 0. The number of rotatable bonds is 8. The Balaban J connectivity index is 0.896. The summed E-state index contributed by atoms with van der Waals surface area (Å²) in [6, 6.07) is 95.7. The molecule has 2 heteroatoms. The second-order valence-corrected chi connectivity index (χ2v) is 18.7. The predicted octanol–water partition coefficient (Wildman–Crippen LogP) is 19.3. The van der Waals surface area contributed by atoms with Crippen LogP contribution in [0.4, 0.5) is 17.1 Å². The fourth-order valence-corrected chi connectivity index (χ4v) is 11.5. The lowest BCUT2D eigenvalue weighted by atomic mass is 9.84. The lowest BCUT2D eigenvalue weighted by molar-refractivity contribution is 1.29. The molecule has 0 unspecified atom stereocenters. The molecule has 13 rings (SSSR count). The Morgan fingerprint density at radius 1 is 0.221 bits per heavy atom. The van der Waals surface area contributed by atoms with Crippen molar-refractivity contribution in [3.63, 3.8) is 0 Å². The molecule has 1 heterocycles. The molecule has 0 spiro atoms. The lowest BCUT2D eigenvalue weighted by Crippen LogP contribution is -2.09. The van der Waals surface area contributed by atoms with Crippen molar-refractivity contribution in [2.75, 3.05) is 4.90 Å². The Morgan fingerprint density at radius 3 is 1.31 bits per heavy atom. The van der Waals surface area contributed by atoms with Gasteiger partial charge in [-0.05, 0) is 143 Å². The number of nitrogens with zero attached hydrogens (tertiary/aromatic N) is 1. The summed E-state index contributed by atoms with van der Waals surface area (Å²) in [7, 11) is 0. The summed E-state index contributed by atoms with van der Waals surface area (Å²) in [5.41, 5.74) is 15.5. The molecule has 0 bridgehead atoms. The van der Waals surface area contributed by atoms with Gasteiger partial charge in [-0.3, -0.25) is 0 Å². The first-order valence-electron chi connectivity index (χ1n) is 23.3. The molecular formula is C66H43NS. The number of hydrogen-bond acceptors (Lipinski definition) is 2. The molecule has 0 atom stereocenters. The van der Waals surface area contributed by atoms with Gasteiger partial charge in [0.1, 0.15) is 0 Å². The molecule has 68 heavy (non-hydrogen) atoms. The number of benzene rings is 12. The van der Waals surface area contributed by atoms with E-state index in [9.17, 15) is 0 Å². The molecule has 0 N–H and O–H groups in total. The van der Waals surface area contributed by atoms with E-state index in [4.69, 9.17) is 0 Å². The van der Waals surface area contributed by atoms with E-state index in [2.05, 4.69) is 266 Å².